The van der Waals surface area contributed by atoms with E-state index in [1.54, 1.807) is 23.2 Å². The van der Waals surface area contributed by atoms with Crippen molar-refractivity contribution in [2.24, 2.45) is 0 Å². The molecule has 1 atom stereocenters. The highest BCUT2D eigenvalue weighted by Crippen LogP contribution is 2.23. The Labute approximate surface area is 146 Å². The number of nitrogens with one attached hydrogen (secondary N) is 1. The fourth-order valence-corrected chi connectivity index (χ4v) is 2.33. The van der Waals surface area contributed by atoms with Gasteiger partial charge < -0.3 is 19.4 Å². The lowest BCUT2D eigenvalue weighted by atomic mass is 10.1. The minimum atomic E-state index is -0.780. The third-order valence-corrected chi connectivity index (χ3v) is 3.41. The summed E-state index contributed by atoms with van der Waals surface area (Å²) in [6, 6.07) is 6.74. The van der Waals surface area contributed by atoms with Crippen LogP contribution in [0.15, 0.2) is 49.4 Å². The number of rotatable bonds is 8. The van der Waals surface area contributed by atoms with Crippen molar-refractivity contribution in [3.63, 3.8) is 0 Å². The Morgan fingerprint density at radius 2 is 2.16 bits per heavy atom. The lowest BCUT2D eigenvalue weighted by molar-refractivity contribution is -0.144. The van der Waals surface area contributed by atoms with E-state index in [0.717, 1.165) is 5.69 Å². The summed E-state index contributed by atoms with van der Waals surface area (Å²) in [5.74, 6) is -0.129. The van der Waals surface area contributed by atoms with E-state index in [0.29, 0.717) is 18.1 Å². The number of hydrogen-bond donors (Lipinski definition) is 1. The molecule has 1 amide bonds. The van der Waals surface area contributed by atoms with Gasteiger partial charge in [0.1, 0.15) is 18.4 Å². The molecule has 0 saturated carbocycles. The quantitative estimate of drug-likeness (QED) is 0.582. The third-order valence-electron chi connectivity index (χ3n) is 3.41. The molecule has 0 unspecified atom stereocenters. The number of hydrogen-bond acceptors (Lipinski definition) is 5. The Morgan fingerprint density at radius 1 is 1.40 bits per heavy atom. The summed E-state index contributed by atoms with van der Waals surface area (Å²) in [6.07, 6.45) is 5.32. The van der Waals surface area contributed by atoms with Crippen LogP contribution in [0.3, 0.4) is 0 Å². The number of para-hydroxylation sites is 2. The monoisotopic (exact) mass is 343 g/mol. The number of nitrogens with zero attached hydrogens (tertiary/aromatic N) is 2. The molecule has 0 fully saturated rings. The van der Waals surface area contributed by atoms with Crippen molar-refractivity contribution in [1.29, 1.82) is 0 Å². The van der Waals surface area contributed by atoms with E-state index in [4.69, 9.17) is 9.47 Å². The van der Waals surface area contributed by atoms with E-state index in [-0.39, 0.29) is 12.3 Å². The summed E-state index contributed by atoms with van der Waals surface area (Å²) in [7, 11) is 1.28. The van der Waals surface area contributed by atoms with E-state index < -0.39 is 12.0 Å². The largest absolute Gasteiger partial charge is 0.487 e. The van der Waals surface area contributed by atoms with E-state index in [1.165, 1.54) is 14.0 Å². The molecule has 25 heavy (non-hydrogen) atoms. The predicted molar refractivity (Wildman–Crippen MR) is 92.6 cm³/mol. The minimum Gasteiger partial charge on any atom is -0.487 e. The standard InChI is InChI=1S/C18H21N3O4/c1-4-9-25-17-8-6-5-7-16(17)21-11-14(19-12-21)10-15(18(23)24-3)20-13(2)22/h4-8,11-12,15H,1,9-10H2,2-3H3,(H,20,22)/t15-/m0/s1. The SMILES string of the molecule is C=CCOc1ccccc1-n1cnc(C[C@H](NC(C)=O)C(=O)OC)c1. The second-order valence-electron chi connectivity index (χ2n) is 5.32. The highest BCUT2D eigenvalue weighted by molar-refractivity contribution is 5.83. The van der Waals surface area contributed by atoms with Crippen molar-refractivity contribution < 1.29 is 19.1 Å². The van der Waals surface area contributed by atoms with Crippen molar-refractivity contribution in [2.75, 3.05) is 13.7 Å². The molecule has 0 spiro atoms. The van der Waals surface area contributed by atoms with Gasteiger partial charge in [0.15, 0.2) is 0 Å². The molecule has 7 heteroatoms. The van der Waals surface area contributed by atoms with Crippen LogP contribution in [0.5, 0.6) is 5.75 Å². The normalized spacial score (nSPS) is 11.4. The maximum absolute atomic E-state index is 11.8. The summed E-state index contributed by atoms with van der Waals surface area (Å²) in [4.78, 5) is 27.4. The van der Waals surface area contributed by atoms with Crippen LogP contribution in [0, 0.1) is 0 Å². The van der Waals surface area contributed by atoms with Crippen LogP contribution >= 0.6 is 0 Å². The van der Waals surface area contributed by atoms with Crippen LogP contribution < -0.4 is 10.1 Å². The minimum absolute atomic E-state index is 0.231. The highest BCUT2D eigenvalue weighted by atomic mass is 16.5. The van der Waals surface area contributed by atoms with Crippen LogP contribution in [-0.2, 0) is 20.7 Å². The zero-order chi connectivity index (χ0) is 18.2. The molecule has 0 aliphatic heterocycles. The second-order valence-corrected chi connectivity index (χ2v) is 5.32. The summed E-state index contributed by atoms with van der Waals surface area (Å²) in [6.45, 7) is 5.38. The first kappa shape index (κ1) is 18.3. The number of esters is 1. The van der Waals surface area contributed by atoms with Crippen molar-refractivity contribution in [1.82, 2.24) is 14.9 Å². The van der Waals surface area contributed by atoms with Crippen LogP contribution in [0.4, 0.5) is 0 Å². The number of aromatic nitrogens is 2. The Bertz CT molecular complexity index is 754. The molecular weight excluding hydrogens is 322 g/mol. The zero-order valence-corrected chi connectivity index (χ0v) is 14.3. The van der Waals surface area contributed by atoms with Gasteiger partial charge >= 0.3 is 5.97 Å². The number of imidazole rings is 1. The van der Waals surface area contributed by atoms with Gasteiger partial charge in [0.25, 0.3) is 0 Å². The molecule has 1 N–H and O–H groups in total. The first-order chi connectivity index (χ1) is 12.0. The zero-order valence-electron chi connectivity index (χ0n) is 14.3. The molecule has 1 aromatic carbocycles. The van der Waals surface area contributed by atoms with Gasteiger partial charge in [-0.15, -0.1) is 0 Å². The van der Waals surface area contributed by atoms with Crippen molar-refractivity contribution in [3.8, 4) is 11.4 Å². The molecule has 0 aliphatic rings. The number of amides is 1. The summed E-state index contributed by atoms with van der Waals surface area (Å²) >= 11 is 0. The lowest BCUT2D eigenvalue weighted by Gasteiger charge is -2.14. The fourth-order valence-electron chi connectivity index (χ4n) is 2.33. The summed E-state index contributed by atoms with van der Waals surface area (Å²) in [5.41, 5.74) is 1.46. The van der Waals surface area contributed by atoms with Gasteiger partial charge in [-0.1, -0.05) is 24.8 Å². The number of ether oxygens (including phenoxy) is 2. The lowest BCUT2D eigenvalue weighted by Crippen LogP contribution is -2.42. The maximum atomic E-state index is 11.8. The van der Waals surface area contributed by atoms with Crippen molar-refractivity contribution in [3.05, 3.63) is 55.1 Å². The van der Waals surface area contributed by atoms with Crippen LogP contribution in [0.2, 0.25) is 0 Å². The van der Waals surface area contributed by atoms with Gasteiger partial charge in [-0.05, 0) is 12.1 Å². The molecule has 1 aromatic heterocycles. The molecule has 2 aromatic rings. The van der Waals surface area contributed by atoms with Crippen LogP contribution in [-0.4, -0.2) is 41.2 Å². The van der Waals surface area contributed by atoms with Gasteiger partial charge in [0.2, 0.25) is 5.91 Å². The van der Waals surface area contributed by atoms with E-state index in [9.17, 15) is 9.59 Å². The maximum Gasteiger partial charge on any atom is 0.328 e. The molecule has 132 valence electrons. The van der Waals surface area contributed by atoms with Gasteiger partial charge in [-0.3, -0.25) is 4.79 Å². The van der Waals surface area contributed by atoms with E-state index in [2.05, 4.69) is 16.9 Å². The van der Waals surface area contributed by atoms with Gasteiger partial charge in [0, 0.05) is 19.5 Å². The third kappa shape index (κ3) is 4.94. The van der Waals surface area contributed by atoms with Gasteiger partial charge in [0.05, 0.1) is 24.8 Å². The fraction of sp³-hybridized carbons (Fsp3) is 0.278. The second kappa shape index (κ2) is 8.68. The molecular formula is C18H21N3O4. The summed E-state index contributed by atoms with van der Waals surface area (Å²) in [5, 5.41) is 2.57. The van der Waals surface area contributed by atoms with Gasteiger partial charge in [-0.25, -0.2) is 9.78 Å². The molecule has 0 aliphatic carbocycles. The highest BCUT2D eigenvalue weighted by Gasteiger charge is 2.22. The topological polar surface area (TPSA) is 82.5 Å². The van der Waals surface area contributed by atoms with Crippen molar-refractivity contribution >= 4 is 11.9 Å². The van der Waals surface area contributed by atoms with Crippen LogP contribution in [0.1, 0.15) is 12.6 Å². The van der Waals surface area contributed by atoms with E-state index in [1.807, 2.05) is 24.3 Å². The van der Waals surface area contributed by atoms with Gasteiger partial charge in [-0.2, -0.15) is 0 Å². The number of carbonyl (C=O) groups excluding carboxylic acids is 2. The summed E-state index contributed by atoms with van der Waals surface area (Å²) < 4.78 is 12.2. The average molecular weight is 343 g/mol. The molecule has 1 heterocycles. The predicted octanol–water partition coefficient (Wildman–Crippen LogP) is 1.66. The first-order valence-electron chi connectivity index (χ1n) is 7.76. The molecule has 0 radical (unpaired) electrons. The Balaban J connectivity index is 2.20. The van der Waals surface area contributed by atoms with E-state index >= 15 is 0 Å². The smallest absolute Gasteiger partial charge is 0.328 e. The number of benzene rings is 1. The Kier molecular flexibility index (Phi) is 6.33. The molecule has 0 saturated heterocycles. The molecule has 7 nitrogen and oxygen atoms in total. The Hall–Kier alpha value is -3.09. The Morgan fingerprint density at radius 3 is 2.84 bits per heavy atom. The molecule has 2 rings (SSSR count). The van der Waals surface area contributed by atoms with Crippen molar-refractivity contribution in [2.45, 2.75) is 19.4 Å². The first-order valence-corrected chi connectivity index (χ1v) is 7.76. The number of carbonyl (C=O) groups is 2. The van der Waals surface area contributed by atoms with Crippen LogP contribution in [0.25, 0.3) is 5.69 Å². The number of methoxy groups -OCH3 is 1. The molecule has 0 bridgehead atoms. The average Bonchev–Trinajstić information content (AvgIpc) is 3.07.